The van der Waals surface area contributed by atoms with E-state index in [0.29, 0.717) is 21.9 Å². The normalized spacial score (nSPS) is 12.0. The lowest BCUT2D eigenvalue weighted by Gasteiger charge is -2.05. The zero-order chi connectivity index (χ0) is 18.1. The van der Waals surface area contributed by atoms with Crippen LogP contribution in [0, 0.1) is 0 Å². The van der Waals surface area contributed by atoms with Crippen LogP contribution in [0.3, 0.4) is 0 Å². The van der Waals surface area contributed by atoms with E-state index in [2.05, 4.69) is 26.1 Å². The van der Waals surface area contributed by atoms with Gasteiger partial charge in [-0.1, -0.05) is 57.6 Å². The molecule has 2 aromatic heterocycles. The Kier molecular flexibility index (Phi) is 4.57. The molecule has 0 unspecified atom stereocenters. The maximum Gasteiger partial charge on any atom is 0.276 e. The molecule has 2 aromatic carbocycles. The van der Waals surface area contributed by atoms with Crippen molar-refractivity contribution < 1.29 is 4.74 Å². The number of rotatable bonds is 4. The van der Waals surface area contributed by atoms with Crippen LogP contribution in [0.15, 0.2) is 57.8 Å². The number of fused-ring (bicyclic) bond motifs is 1. The highest BCUT2D eigenvalue weighted by Crippen LogP contribution is 2.21. The van der Waals surface area contributed by atoms with Crippen molar-refractivity contribution in [2.45, 2.75) is 6.92 Å². The summed E-state index contributed by atoms with van der Waals surface area (Å²) >= 11 is 4.73. The minimum Gasteiger partial charge on any atom is -0.493 e. The lowest BCUT2D eigenvalue weighted by molar-refractivity contribution is 0.339. The Hall–Kier alpha value is -2.51. The first kappa shape index (κ1) is 16.9. The summed E-state index contributed by atoms with van der Waals surface area (Å²) in [4.78, 5) is 13.5. The van der Waals surface area contributed by atoms with E-state index >= 15 is 0 Å². The molecule has 0 saturated carbocycles. The average Bonchev–Trinajstić information content (AvgIpc) is 3.19. The fourth-order valence-electron chi connectivity index (χ4n) is 2.68. The van der Waals surface area contributed by atoms with Crippen LogP contribution in [0.2, 0.25) is 0 Å². The second-order valence-electron chi connectivity index (χ2n) is 5.54. The van der Waals surface area contributed by atoms with Crippen LogP contribution in [-0.4, -0.2) is 21.2 Å². The number of hydrogen-bond acceptors (Lipinski definition) is 5. The van der Waals surface area contributed by atoms with Crippen LogP contribution in [0.25, 0.3) is 22.4 Å². The predicted octanol–water partition coefficient (Wildman–Crippen LogP) is 3.53. The Labute approximate surface area is 161 Å². The highest BCUT2D eigenvalue weighted by Gasteiger charge is 2.14. The van der Waals surface area contributed by atoms with Crippen molar-refractivity contribution in [3.8, 4) is 17.1 Å². The smallest absolute Gasteiger partial charge is 0.276 e. The van der Waals surface area contributed by atoms with Crippen LogP contribution in [0.5, 0.6) is 5.75 Å². The Morgan fingerprint density at radius 2 is 1.92 bits per heavy atom. The van der Waals surface area contributed by atoms with Crippen molar-refractivity contribution in [2.75, 3.05) is 6.61 Å². The van der Waals surface area contributed by atoms with Crippen LogP contribution < -0.4 is 14.8 Å². The molecular weight excluding hydrogens is 414 g/mol. The number of ether oxygens (including phenoxy) is 1. The van der Waals surface area contributed by atoms with E-state index < -0.39 is 0 Å². The number of hydrogen-bond donors (Lipinski definition) is 0. The summed E-state index contributed by atoms with van der Waals surface area (Å²) < 4.78 is 8.77. The minimum absolute atomic E-state index is 0.126. The molecule has 5 nitrogen and oxygen atoms in total. The second kappa shape index (κ2) is 7.01. The molecule has 26 heavy (non-hydrogen) atoms. The molecule has 7 heteroatoms. The number of nitrogens with zero attached hydrogens (tertiary/aromatic N) is 3. The third-order valence-electron chi connectivity index (χ3n) is 3.86. The second-order valence-corrected chi connectivity index (χ2v) is 7.46. The Morgan fingerprint density at radius 1 is 1.15 bits per heavy atom. The van der Waals surface area contributed by atoms with Crippen LogP contribution in [-0.2, 0) is 0 Å². The van der Waals surface area contributed by atoms with E-state index in [0.717, 1.165) is 21.3 Å². The summed E-state index contributed by atoms with van der Waals surface area (Å²) in [6, 6.07) is 15.3. The van der Waals surface area contributed by atoms with Crippen molar-refractivity contribution in [2.24, 2.45) is 0 Å². The molecule has 0 aliphatic rings. The Morgan fingerprint density at radius 3 is 2.69 bits per heavy atom. The first-order valence-corrected chi connectivity index (χ1v) is 9.65. The van der Waals surface area contributed by atoms with Gasteiger partial charge in [-0.15, -0.1) is 10.2 Å². The average molecular weight is 428 g/mol. The SMILES string of the molecule is CCOc1ccccc1C=c1sc2nnc(-c3ccc(Br)cc3)n2c1=O. The molecule has 0 amide bonds. The molecule has 0 spiro atoms. The highest BCUT2D eigenvalue weighted by atomic mass is 79.9. The van der Waals surface area contributed by atoms with Gasteiger partial charge in [0.1, 0.15) is 5.75 Å². The van der Waals surface area contributed by atoms with Gasteiger partial charge in [-0.3, -0.25) is 4.79 Å². The molecule has 2 heterocycles. The molecule has 4 rings (SSSR count). The van der Waals surface area contributed by atoms with Crippen LogP contribution in [0.4, 0.5) is 0 Å². The van der Waals surface area contributed by atoms with Gasteiger partial charge < -0.3 is 4.74 Å². The van der Waals surface area contributed by atoms with E-state index in [1.54, 1.807) is 4.40 Å². The van der Waals surface area contributed by atoms with Crippen molar-refractivity contribution in [3.63, 3.8) is 0 Å². The monoisotopic (exact) mass is 427 g/mol. The fourth-order valence-corrected chi connectivity index (χ4v) is 3.84. The predicted molar refractivity (Wildman–Crippen MR) is 107 cm³/mol. The van der Waals surface area contributed by atoms with E-state index in [9.17, 15) is 4.79 Å². The zero-order valence-electron chi connectivity index (χ0n) is 13.8. The summed E-state index contributed by atoms with van der Waals surface area (Å²) in [6.45, 7) is 2.51. The number of benzene rings is 2. The molecule has 0 N–H and O–H groups in total. The van der Waals surface area contributed by atoms with E-state index in [1.165, 1.54) is 11.3 Å². The molecule has 130 valence electrons. The maximum absolute atomic E-state index is 12.9. The standard InChI is InChI=1S/C19H14BrN3O2S/c1-2-25-15-6-4-3-5-13(15)11-16-18(24)23-17(21-22-19(23)26-16)12-7-9-14(20)10-8-12/h3-11H,2H2,1H3. The maximum atomic E-state index is 12.9. The van der Waals surface area contributed by atoms with Gasteiger partial charge in [0.2, 0.25) is 4.96 Å². The number of aromatic nitrogens is 3. The van der Waals surface area contributed by atoms with Gasteiger partial charge in [-0.05, 0) is 31.2 Å². The lowest BCUT2D eigenvalue weighted by atomic mass is 10.2. The quantitative estimate of drug-likeness (QED) is 0.499. The fraction of sp³-hybridized carbons (Fsp3) is 0.105. The summed E-state index contributed by atoms with van der Waals surface area (Å²) in [5.41, 5.74) is 1.59. The topological polar surface area (TPSA) is 56.5 Å². The molecule has 0 atom stereocenters. The van der Waals surface area contributed by atoms with Gasteiger partial charge in [0, 0.05) is 15.6 Å². The number of para-hydroxylation sites is 1. The number of halogens is 1. The third kappa shape index (κ3) is 3.04. The van der Waals surface area contributed by atoms with E-state index in [-0.39, 0.29) is 5.56 Å². The molecular formula is C19H14BrN3O2S. The van der Waals surface area contributed by atoms with Gasteiger partial charge in [0.15, 0.2) is 5.82 Å². The molecule has 0 aliphatic heterocycles. The highest BCUT2D eigenvalue weighted by molar-refractivity contribution is 9.10. The van der Waals surface area contributed by atoms with Gasteiger partial charge in [-0.25, -0.2) is 4.40 Å². The molecule has 0 fully saturated rings. The molecule has 0 aliphatic carbocycles. The minimum atomic E-state index is -0.126. The Bertz CT molecular complexity index is 1180. The van der Waals surface area contributed by atoms with Gasteiger partial charge in [-0.2, -0.15) is 0 Å². The first-order chi connectivity index (χ1) is 12.7. The van der Waals surface area contributed by atoms with Crippen molar-refractivity contribution in [3.05, 3.63) is 73.5 Å². The molecule has 4 aromatic rings. The number of thiazole rings is 1. The molecule has 0 bridgehead atoms. The van der Waals surface area contributed by atoms with E-state index in [4.69, 9.17) is 4.74 Å². The largest absolute Gasteiger partial charge is 0.493 e. The van der Waals surface area contributed by atoms with E-state index in [1.807, 2.05) is 61.5 Å². The van der Waals surface area contributed by atoms with Gasteiger partial charge in [0.25, 0.3) is 5.56 Å². The Balaban J connectivity index is 1.88. The van der Waals surface area contributed by atoms with Crippen LogP contribution >= 0.6 is 27.3 Å². The molecule has 0 saturated heterocycles. The van der Waals surface area contributed by atoms with Crippen LogP contribution in [0.1, 0.15) is 12.5 Å². The van der Waals surface area contributed by atoms with Gasteiger partial charge >= 0.3 is 0 Å². The molecule has 0 radical (unpaired) electrons. The lowest BCUT2D eigenvalue weighted by Crippen LogP contribution is -2.23. The summed E-state index contributed by atoms with van der Waals surface area (Å²) in [6.07, 6.45) is 1.85. The summed E-state index contributed by atoms with van der Waals surface area (Å²) in [5, 5.41) is 8.35. The first-order valence-electron chi connectivity index (χ1n) is 8.05. The zero-order valence-corrected chi connectivity index (χ0v) is 16.3. The van der Waals surface area contributed by atoms with Crippen molar-refractivity contribution in [1.29, 1.82) is 0 Å². The third-order valence-corrected chi connectivity index (χ3v) is 5.34. The van der Waals surface area contributed by atoms with Gasteiger partial charge in [0.05, 0.1) is 11.1 Å². The van der Waals surface area contributed by atoms with Crippen molar-refractivity contribution in [1.82, 2.24) is 14.6 Å². The summed E-state index contributed by atoms with van der Waals surface area (Å²) in [7, 11) is 0. The summed E-state index contributed by atoms with van der Waals surface area (Å²) in [5.74, 6) is 1.30. The van der Waals surface area contributed by atoms with Crippen molar-refractivity contribution >= 4 is 38.3 Å².